The molecular formula is C25H18Cl2N2O3. The number of hydrazone groups is 1. The summed E-state index contributed by atoms with van der Waals surface area (Å²) < 4.78 is 5.96. The Kier molecular flexibility index (Phi) is 6.40. The van der Waals surface area contributed by atoms with Gasteiger partial charge in [0.2, 0.25) is 0 Å². The molecule has 160 valence electrons. The minimum absolute atomic E-state index is 0.247. The van der Waals surface area contributed by atoms with E-state index in [2.05, 4.69) is 5.10 Å². The van der Waals surface area contributed by atoms with Crippen LogP contribution in [0.15, 0.2) is 83.5 Å². The van der Waals surface area contributed by atoms with Gasteiger partial charge in [-0.2, -0.15) is 10.1 Å². The summed E-state index contributed by atoms with van der Waals surface area (Å²) in [6.07, 6.45) is 1.63. The predicted octanol–water partition coefficient (Wildman–Crippen LogP) is 6.01. The topological polar surface area (TPSA) is 59.0 Å². The van der Waals surface area contributed by atoms with Gasteiger partial charge in [0.15, 0.2) is 0 Å². The van der Waals surface area contributed by atoms with Gasteiger partial charge in [-0.05, 0) is 49.4 Å². The van der Waals surface area contributed by atoms with Gasteiger partial charge in [-0.3, -0.25) is 9.59 Å². The molecule has 0 saturated heterocycles. The highest BCUT2D eigenvalue weighted by atomic mass is 35.5. The van der Waals surface area contributed by atoms with Crippen LogP contribution in [0, 0.1) is 0 Å². The van der Waals surface area contributed by atoms with Crippen LogP contribution in [-0.4, -0.2) is 22.5 Å². The molecule has 3 aromatic carbocycles. The highest BCUT2D eigenvalue weighted by molar-refractivity contribution is 6.32. The summed E-state index contributed by atoms with van der Waals surface area (Å²) in [5.41, 5.74) is 2.52. The van der Waals surface area contributed by atoms with Gasteiger partial charge in [-0.1, -0.05) is 59.6 Å². The Bertz CT molecular complexity index is 1250. The number of hydrogen-bond acceptors (Lipinski definition) is 4. The molecule has 1 aliphatic heterocycles. The summed E-state index contributed by atoms with van der Waals surface area (Å²) in [5, 5.41) is 6.14. The lowest BCUT2D eigenvalue weighted by molar-refractivity contribution is -0.123. The molecule has 0 saturated carbocycles. The molecule has 7 heteroatoms. The zero-order valence-corrected chi connectivity index (χ0v) is 18.6. The van der Waals surface area contributed by atoms with Crippen LogP contribution < -0.4 is 4.74 Å². The fourth-order valence-electron chi connectivity index (χ4n) is 3.21. The van der Waals surface area contributed by atoms with Gasteiger partial charge in [-0.15, -0.1) is 0 Å². The molecule has 4 rings (SSSR count). The molecular weight excluding hydrogens is 447 g/mol. The minimum Gasteiger partial charge on any atom is -0.488 e. The van der Waals surface area contributed by atoms with Gasteiger partial charge in [0.05, 0.1) is 11.3 Å². The Morgan fingerprint density at radius 2 is 1.75 bits per heavy atom. The first kappa shape index (κ1) is 21.8. The van der Waals surface area contributed by atoms with E-state index in [1.54, 1.807) is 67.6 Å². The second-order valence-electron chi connectivity index (χ2n) is 7.09. The predicted molar refractivity (Wildman–Crippen MR) is 126 cm³/mol. The number of imide groups is 1. The molecule has 1 aliphatic rings. The van der Waals surface area contributed by atoms with E-state index < -0.39 is 11.8 Å². The first-order valence-electron chi connectivity index (χ1n) is 9.81. The van der Waals surface area contributed by atoms with Gasteiger partial charge in [0.1, 0.15) is 12.4 Å². The van der Waals surface area contributed by atoms with E-state index in [1.807, 2.05) is 18.2 Å². The summed E-state index contributed by atoms with van der Waals surface area (Å²) in [4.78, 5) is 25.7. The molecule has 0 aliphatic carbocycles. The summed E-state index contributed by atoms with van der Waals surface area (Å²) >= 11 is 12.4. The van der Waals surface area contributed by atoms with Crippen LogP contribution in [0.5, 0.6) is 5.75 Å². The molecule has 2 amide bonds. The second-order valence-corrected chi connectivity index (χ2v) is 7.94. The Morgan fingerprint density at radius 3 is 2.50 bits per heavy atom. The fraction of sp³-hybridized carbons (Fsp3) is 0.0800. The largest absolute Gasteiger partial charge is 0.488 e. The molecule has 0 N–H and O–H groups in total. The SMILES string of the molecule is CC1=NN(C(=O)c2ccccc2)C(=O)/C1=C/c1cc(Cl)ccc1OCc1ccccc1Cl. The van der Waals surface area contributed by atoms with Crippen molar-refractivity contribution in [3.8, 4) is 5.75 Å². The summed E-state index contributed by atoms with van der Waals surface area (Å²) in [6, 6.07) is 21.1. The first-order chi connectivity index (χ1) is 15.4. The maximum atomic E-state index is 13.0. The van der Waals surface area contributed by atoms with Crippen molar-refractivity contribution in [1.82, 2.24) is 5.01 Å². The highest BCUT2D eigenvalue weighted by Crippen LogP contribution is 2.29. The van der Waals surface area contributed by atoms with Crippen LogP contribution in [0.4, 0.5) is 0 Å². The van der Waals surface area contributed by atoms with Gasteiger partial charge < -0.3 is 4.74 Å². The molecule has 3 aromatic rings. The van der Waals surface area contributed by atoms with Crippen LogP contribution in [0.3, 0.4) is 0 Å². The molecule has 0 spiro atoms. The average molecular weight is 465 g/mol. The quantitative estimate of drug-likeness (QED) is 0.342. The Hall–Kier alpha value is -3.41. The van der Waals surface area contributed by atoms with E-state index in [0.717, 1.165) is 10.6 Å². The van der Waals surface area contributed by atoms with Gasteiger partial charge in [-0.25, -0.2) is 0 Å². The molecule has 0 unspecified atom stereocenters. The number of amides is 2. The third-order valence-electron chi connectivity index (χ3n) is 4.89. The molecule has 0 aromatic heterocycles. The van der Waals surface area contributed by atoms with E-state index in [1.165, 1.54) is 0 Å². The second kappa shape index (κ2) is 9.39. The van der Waals surface area contributed by atoms with Crippen molar-refractivity contribution in [2.75, 3.05) is 0 Å². The van der Waals surface area contributed by atoms with Crippen molar-refractivity contribution < 1.29 is 14.3 Å². The Labute approximate surface area is 195 Å². The lowest BCUT2D eigenvalue weighted by Gasteiger charge is -2.12. The maximum absolute atomic E-state index is 13.0. The molecule has 0 fully saturated rings. The number of carbonyl (C=O) groups excluding carboxylic acids is 2. The van der Waals surface area contributed by atoms with Crippen molar-refractivity contribution in [3.63, 3.8) is 0 Å². The molecule has 0 bridgehead atoms. The third kappa shape index (κ3) is 4.59. The van der Waals surface area contributed by atoms with Crippen molar-refractivity contribution >= 4 is 46.8 Å². The average Bonchev–Trinajstić information content (AvgIpc) is 3.08. The van der Waals surface area contributed by atoms with E-state index in [0.29, 0.717) is 38.2 Å². The lowest BCUT2D eigenvalue weighted by atomic mass is 10.1. The van der Waals surface area contributed by atoms with Gasteiger partial charge in [0.25, 0.3) is 11.8 Å². The minimum atomic E-state index is -0.506. The van der Waals surface area contributed by atoms with Crippen LogP contribution in [0.25, 0.3) is 6.08 Å². The van der Waals surface area contributed by atoms with Crippen molar-refractivity contribution in [3.05, 3.63) is 105 Å². The van der Waals surface area contributed by atoms with Gasteiger partial charge in [0, 0.05) is 26.7 Å². The van der Waals surface area contributed by atoms with Crippen molar-refractivity contribution in [1.29, 1.82) is 0 Å². The van der Waals surface area contributed by atoms with Gasteiger partial charge >= 0.3 is 0 Å². The number of nitrogens with zero attached hydrogens (tertiary/aromatic N) is 2. The summed E-state index contributed by atoms with van der Waals surface area (Å²) in [5.74, 6) is -0.469. The number of halogens is 2. The number of benzene rings is 3. The first-order valence-corrected chi connectivity index (χ1v) is 10.6. The number of ether oxygens (including phenoxy) is 1. The lowest BCUT2D eigenvalue weighted by Crippen LogP contribution is -2.29. The van der Waals surface area contributed by atoms with E-state index in [-0.39, 0.29) is 6.61 Å². The fourth-order valence-corrected chi connectivity index (χ4v) is 3.59. The van der Waals surface area contributed by atoms with Crippen molar-refractivity contribution in [2.24, 2.45) is 5.10 Å². The number of carbonyl (C=O) groups is 2. The van der Waals surface area contributed by atoms with Crippen LogP contribution in [0.1, 0.15) is 28.4 Å². The van der Waals surface area contributed by atoms with Crippen LogP contribution in [0.2, 0.25) is 10.0 Å². The smallest absolute Gasteiger partial charge is 0.283 e. The summed E-state index contributed by atoms with van der Waals surface area (Å²) in [6.45, 7) is 1.92. The standard InChI is InChI=1S/C25H18Cl2N2O3/c1-16-21(25(31)29(28-16)24(30)17-7-3-2-4-8-17)14-19-13-20(26)11-12-23(19)32-15-18-9-5-6-10-22(18)27/h2-14H,15H2,1H3/b21-14+. The molecule has 0 atom stereocenters. The number of rotatable bonds is 5. The third-order valence-corrected chi connectivity index (χ3v) is 5.49. The normalized spacial score (nSPS) is 14.6. The van der Waals surface area contributed by atoms with Crippen molar-refractivity contribution in [2.45, 2.75) is 13.5 Å². The molecule has 5 nitrogen and oxygen atoms in total. The Morgan fingerprint density at radius 1 is 1.03 bits per heavy atom. The Balaban J connectivity index is 1.61. The zero-order chi connectivity index (χ0) is 22.7. The molecule has 0 radical (unpaired) electrons. The van der Waals surface area contributed by atoms with Crippen LogP contribution >= 0.6 is 23.2 Å². The highest BCUT2D eigenvalue weighted by Gasteiger charge is 2.33. The van der Waals surface area contributed by atoms with E-state index >= 15 is 0 Å². The molecule has 1 heterocycles. The molecule has 32 heavy (non-hydrogen) atoms. The van der Waals surface area contributed by atoms with E-state index in [4.69, 9.17) is 27.9 Å². The maximum Gasteiger partial charge on any atom is 0.283 e. The number of hydrogen-bond donors (Lipinski definition) is 0. The van der Waals surface area contributed by atoms with E-state index in [9.17, 15) is 9.59 Å². The monoisotopic (exact) mass is 464 g/mol. The van der Waals surface area contributed by atoms with Crippen LogP contribution in [-0.2, 0) is 11.4 Å². The summed E-state index contributed by atoms with van der Waals surface area (Å²) in [7, 11) is 0. The zero-order valence-electron chi connectivity index (χ0n) is 17.1.